The number of hydrogen-bond acceptors (Lipinski definition) is 5. The van der Waals surface area contributed by atoms with Gasteiger partial charge >= 0.3 is 0 Å². The number of aliphatic hydroxyl groups is 1. The lowest BCUT2D eigenvalue weighted by Crippen LogP contribution is -2.42. The highest BCUT2D eigenvalue weighted by Gasteiger charge is 2.27. The van der Waals surface area contributed by atoms with E-state index in [0.29, 0.717) is 32.9 Å². The number of sulfonamides is 1. The summed E-state index contributed by atoms with van der Waals surface area (Å²) >= 11 is 7.36. The van der Waals surface area contributed by atoms with Gasteiger partial charge in [-0.15, -0.1) is 11.3 Å². The Labute approximate surface area is 205 Å². The number of para-hydroxylation sites is 1. The SMILES string of the molecule is Cc1c(S(=O)(=O)Nc2ccccc2CN[C@@H](C)[C@H](O)C2CCCCC2)sc2ccc(Cl)cc12. The van der Waals surface area contributed by atoms with Crippen molar-refractivity contribution in [2.45, 2.75) is 68.9 Å². The van der Waals surface area contributed by atoms with Gasteiger partial charge in [0.1, 0.15) is 4.21 Å². The van der Waals surface area contributed by atoms with Crippen molar-refractivity contribution in [2.24, 2.45) is 5.92 Å². The van der Waals surface area contributed by atoms with Crippen LogP contribution in [0.2, 0.25) is 5.02 Å². The van der Waals surface area contributed by atoms with Crippen LogP contribution >= 0.6 is 22.9 Å². The van der Waals surface area contributed by atoms with Gasteiger partial charge in [-0.2, -0.15) is 0 Å². The fourth-order valence-corrected chi connectivity index (χ4v) is 7.69. The molecule has 3 aromatic rings. The molecule has 1 heterocycles. The van der Waals surface area contributed by atoms with E-state index in [9.17, 15) is 13.5 Å². The molecule has 5 nitrogen and oxygen atoms in total. The van der Waals surface area contributed by atoms with Crippen LogP contribution in [0.4, 0.5) is 5.69 Å². The number of anilines is 1. The average Bonchev–Trinajstić information content (AvgIpc) is 3.15. The molecule has 0 bridgehead atoms. The highest BCUT2D eigenvalue weighted by atomic mass is 35.5. The highest BCUT2D eigenvalue weighted by Crippen LogP contribution is 2.36. The van der Waals surface area contributed by atoms with E-state index in [1.165, 1.54) is 30.6 Å². The monoisotopic (exact) mass is 506 g/mol. The van der Waals surface area contributed by atoms with Gasteiger partial charge in [-0.3, -0.25) is 4.72 Å². The molecule has 2 atom stereocenters. The van der Waals surface area contributed by atoms with Crippen molar-refractivity contribution in [1.82, 2.24) is 5.32 Å². The topological polar surface area (TPSA) is 78.4 Å². The summed E-state index contributed by atoms with van der Waals surface area (Å²) in [6.45, 7) is 4.27. The third-order valence-electron chi connectivity index (χ3n) is 6.62. The summed E-state index contributed by atoms with van der Waals surface area (Å²) in [7, 11) is -3.76. The maximum Gasteiger partial charge on any atom is 0.271 e. The van der Waals surface area contributed by atoms with Crippen LogP contribution in [-0.2, 0) is 16.6 Å². The van der Waals surface area contributed by atoms with E-state index in [2.05, 4.69) is 10.0 Å². The second kappa shape index (κ2) is 10.3. The first-order valence-electron chi connectivity index (χ1n) is 11.5. The number of aryl methyl sites for hydroxylation is 1. The second-order valence-electron chi connectivity index (χ2n) is 8.98. The van der Waals surface area contributed by atoms with Gasteiger partial charge in [0.25, 0.3) is 10.0 Å². The van der Waals surface area contributed by atoms with Crippen molar-refractivity contribution < 1.29 is 13.5 Å². The molecule has 0 amide bonds. The summed E-state index contributed by atoms with van der Waals surface area (Å²) in [5.74, 6) is 0.333. The maximum absolute atomic E-state index is 13.3. The minimum atomic E-state index is -3.76. The molecule has 1 fully saturated rings. The zero-order chi connectivity index (χ0) is 23.6. The van der Waals surface area contributed by atoms with E-state index >= 15 is 0 Å². The van der Waals surface area contributed by atoms with E-state index in [4.69, 9.17) is 11.6 Å². The fraction of sp³-hybridized carbons (Fsp3) is 0.440. The molecular weight excluding hydrogens is 476 g/mol. The quantitative estimate of drug-likeness (QED) is 0.346. The second-order valence-corrected chi connectivity index (χ2v) is 12.3. The number of halogens is 1. The Morgan fingerprint density at radius 3 is 2.64 bits per heavy atom. The average molecular weight is 507 g/mol. The number of benzene rings is 2. The third kappa shape index (κ3) is 5.54. The van der Waals surface area contributed by atoms with E-state index in [-0.39, 0.29) is 6.04 Å². The molecule has 3 N–H and O–H groups in total. The number of aliphatic hydroxyl groups excluding tert-OH is 1. The smallest absolute Gasteiger partial charge is 0.271 e. The predicted octanol–water partition coefficient (Wildman–Crippen LogP) is 6.08. The predicted molar refractivity (Wildman–Crippen MR) is 138 cm³/mol. The Hall–Kier alpha value is -1.64. The summed E-state index contributed by atoms with van der Waals surface area (Å²) < 4.78 is 30.5. The molecule has 0 spiro atoms. The Morgan fingerprint density at radius 2 is 1.88 bits per heavy atom. The largest absolute Gasteiger partial charge is 0.391 e. The van der Waals surface area contributed by atoms with E-state index < -0.39 is 16.1 Å². The number of hydrogen-bond donors (Lipinski definition) is 3. The third-order valence-corrected chi connectivity index (χ3v) is 10.1. The van der Waals surface area contributed by atoms with Crippen molar-refractivity contribution in [2.75, 3.05) is 4.72 Å². The first-order valence-corrected chi connectivity index (χ1v) is 14.1. The molecule has 4 rings (SSSR count). The molecule has 8 heteroatoms. The highest BCUT2D eigenvalue weighted by molar-refractivity contribution is 7.94. The Balaban J connectivity index is 1.50. The first-order chi connectivity index (χ1) is 15.8. The van der Waals surface area contributed by atoms with Crippen molar-refractivity contribution in [3.05, 3.63) is 58.6 Å². The molecule has 178 valence electrons. The maximum atomic E-state index is 13.3. The van der Waals surface area contributed by atoms with Gasteiger partial charge in [-0.05, 0) is 73.4 Å². The summed E-state index contributed by atoms with van der Waals surface area (Å²) in [6.07, 6.45) is 5.37. The molecule has 1 aromatic heterocycles. The van der Waals surface area contributed by atoms with Crippen LogP contribution < -0.4 is 10.0 Å². The van der Waals surface area contributed by atoms with Crippen molar-refractivity contribution in [1.29, 1.82) is 0 Å². The summed E-state index contributed by atoms with van der Waals surface area (Å²) in [6, 6.07) is 12.7. The summed E-state index contributed by atoms with van der Waals surface area (Å²) in [5.41, 5.74) is 2.08. The van der Waals surface area contributed by atoms with Gasteiger partial charge in [0, 0.05) is 22.3 Å². The molecule has 33 heavy (non-hydrogen) atoms. The lowest BCUT2D eigenvalue weighted by Gasteiger charge is -2.31. The molecule has 1 aliphatic rings. The molecule has 0 radical (unpaired) electrons. The zero-order valence-electron chi connectivity index (χ0n) is 19.0. The lowest BCUT2D eigenvalue weighted by atomic mass is 9.83. The lowest BCUT2D eigenvalue weighted by molar-refractivity contribution is 0.0551. The van der Waals surface area contributed by atoms with E-state index in [1.807, 2.05) is 38.1 Å². The molecule has 1 aliphatic carbocycles. The van der Waals surface area contributed by atoms with Crippen LogP contribution in [0.25, 0.3) is 10.1 Å². The number of nitrogens with one attached hydrogen (secondary N) is 2. The first kappa shape index (κ1) is 24.5. The zero-order valence-corrected chi connectivity index (χ0v) is 21.4. The Bertz CT molecular complexity index is 1220. The van der Waals surface area contributed by atoms with Crippen LogP contribution in [-0.4, -0.2) is 25.7 Å². The number of fused-ring (bicyclic) bond motifs is 1. The summed E-state index contributed by atoms with van der Waals surface area (Å²) in [5, 5.41) is 15.6. The van der Waals surface area contributed by atoms with Gasteiger partial charge in [0.15, 0.2) is 0 Å². The van der Waals surface area contributed by atoms with Gasteiger partial charge in [0.05, 0.1) is 11.8 Å². The van der Waals surface area contributed by atoms with Gasteiger partial charge in [-0.1, -0.05) is 49.1 Å². The Kier molecular flexibility index (Phi) is 7.66. The fourth-order valence-electron chi connectivity index (χ4n) is 4.67. The van der Waals surface area contributed by atoms with Gasteiger partial charge in [-0.25, -0.2) is 8.42 Å². The molecule has 0 saturated heterocycles. The molecule has 1 saturated carbocycles. The van der Waals surface area contributed by atoms with Crippen LogP contribution in [0.15, 0.2) is 46.7 Å². The summed E-state index contributed by atoms with van der Waals surface area (Å²) in [4.78, 5) is 0. The minimum Gasteiger partial charge on any atom is -0.391 e. The molecule has 2 aromatic carbocycles. The van der Waals surface area contributed by atoms with E-state index in [0.717, 1.165) is 28.5 Å². The standard InChI is InChI=1S/C25H31ClN2O3S2/c1-16-21-14-20(26)12-13-23(21)32-25(16)33(30,31)28-22-11-7-6-10-19(22)15-27-17(2)24(29)18-8-4-3-5-9-18/h6-7,10-14,17-18,24,27-29H,3-5,8-9,15H2,1-2H3/t17-,24-/m0/s1. The van der Waals surface area contributed by atoms with Crippen LogP contribution in [0.1, 0.15) is 50.2 Å². The van der Waals surface area contributed by atoms with E-state index in [1.54, 1.807) is 18.2 Å². The van der Waals surface area contributed by atoms with Gasteiger partial charge in [0.2, 0.25) is 0 Å². The number of thiophene rings is 1. The molecular formula is C25H31ClN2O3S2. The Morgan fingerprint density at radius 1 is 1.15 bits per heavy atom. The van der Waals surface area contributed by atoms with Gasteiger partial charge < -0.3 is 10.4 Å². The molecule has 0 unspecified atom stereocenters. The number of rotatable bonds is 8. The van der Waals surface area contributed by atoms with Crippen molar-refractivity contribution >= 4 is 48.7 Å². The van der Waals surface area contributed by atoms with Crippen molar-refractivity contribution in [3.8, 4) is 0 Å². The van der Waals surface area contributed by atoms with Crippen LogP contribution in [0, 0.1) is 12.8 Å². The van der Waals surface area contributed by atoms with Crippen LogP contribution in [0.3, 0.4) is 0 Å². The molecule has 0 aliphatic heterocycles. The van der Waals surface area contributed by atoms with Crippen molar-refractivity contribution in [3.63, 3.8) is 0 Å². The van der Waals surface area contributed by atoms with Crippen LogP contribution in [0.5, 0.6) is 0 Å². The minimum absolute atomic E-state index is 0.0765. The normalized spacial score (nSPS) is 17.2.